The molecule has 0 bridgehead atoms. The molecule has 0 atom stereocenters. The molecule has 0 saturated carbocycles. The summed E-state index contributed by atoms with van der Waals surface area (Å²) in [5.74, 6) is -0.301. The molecule has 0 nitrogen and oxygen atoms in total. The van der Waals surface area contributed by atoms with Crippen molar-refractivity contribution < 1.29 is 4.39 Å². The van der Waals surface area contributed by atoms with E-state index in [-0.39, 0.29) is 5.82 Å². The summed E-state index contributed by atoms with van der Waals surface area (Å²) in [5.41, 5.74) is 2.30. The van der Waals surface area contributed by atoms with Crippen LogP contribution in [-0.2, 0) is 0 Å². The van der Waals surface area contributed by atoms with Crippen molar-refractivity contribution in [2.24, 2.45) is 0 Å². The molecule has 0 radical (unpaired) electrons. The first-order valence-corrected chi connectivity index (χ1v) is 5.96. The van der Waals surface area contributed by atoms with E-state index in [2.05, 4.69) is 15.9 Å². The molecule has 3 heteroatoms. The van der Waals surface area contributed by atoms with Gasteiger partial charge in [0, 0.05) is 10.0 Å². The molecule has 0 aliphatic carbocycles. The molecule has 0 aliphatic heterocycles. The van der Waals surface area contributed by atoms with Gasteiger partial charge in [0.25, 0.3) is 0 Å². The molecule has 0 aliphatic rings. The van der Waals surface area contributed by atoms with Gasteiger partial charge in [-0.1, -0.05) is 39.7 Å². The second kappa shape index (κ2) is 4.56. The third-order valence-corrected chi connectivity index (χ3v) is 3.07. The molecule has 0 aromatic heterocycles. The first-order chi connectivity index (χ1) is 7.58. The highest BCUT2D eigenvalue weighted by Gasteiger charge is 2.10. The van der Waals surface area contributed by atoms with E-state index in [0.717, 1.165) is 15.6 Å². The van der Waals surface area contributed by atoms with Gasteiger partial charge in [-0.25, -0.2) is 4.39 Å². The van der Waals surface area contributed by atoms with Crippen molar-refractivity contribution in [1.82, 2.24) is 0 Å². The van der Waals surface area contributed by atoms with Gasteiger partial charge in [-0.15, -0.1) is 0 Å². The molecule has 0 N–H and O–H groups in total. The maximum atomic E-state index is 13.7. The molecule has 0 fully saturated rings. The lowest BCUT2D eigenvalue weighted by Crippen LogP contribution is -1.87. The molecule has 2 aromatic rings. The zero-order chi connectivity index (χ0) is 11.7. The molecule has 0 saturated heterocycles. The fourth-order valence-electron chi connectivity index (χ4n) is 1.65. The normalized spacial score (nSPS) is 10.5. The first-order valence-electron chi connectivity index (χ1n) is 4.79. The maximum Gasteiger partial charge on any atom is 0.132 e. The summed E-state index contributed by atoms with van der Waals surface area (Å²) < 4.78 is 14.6. The van der Waals surface area contributed by atoms with Crippen molar-refractivity contribution in [2.45, 2.75) is 6.92 Å². The monoisotopic (exact) mass is 298 g/mol. The lowest BCUT2D eigenvalue weighted by Gasteiger charge is -2.07. The number of hydrogen-bond donors (Lipinski definition) is 0. The zero-order valence-electron chi connectivity index (χ0n) is 8.60. The largest absolute Gasteiger partial charge is 0.206 e. The third kappa shape index (κ3) is 2.28. The van der Waals surface area contributed by atoms with E-state index in [1.807, 2.05) is 25.1 Å². The average molecular weight is 300 g/mol. The Kier molecular flexibility index (Phi) is 3.31. The fraction of sp³-hybridized carbons (Fsp3) is 0.0769. The SMILES string of the molecule is Cc1cc(Br)cc(-c2c(F)cccc2Cl)c1. The quantitative estimate of drug-likeness (QED) is 0.677. The summed E-state index contributed by atoms with van der Waals surface area (Å²) >= 11 is 9.41. The molecular formula is C13H9BrClF. The molecule has 0 amide bonds. The van der Waals surface area contributed by atoms with Crippen molar-refractivity contribution in [2.75, 3.05) is 0 Å². The van der Waals surface area contributed by atoms with Crippen LogP contribution in [-0.4, -0.2) is 0 Å². The van der Waals surface area contributed by atoms with Crippen LogP contribution in [0.15, 0.2) is 40.9 Å². The predicted molar refractivity (Wildman–Crippen MR) is 69.3 cm³/mol. The minimum Gasteiger partial charge on any atom is -0.206 e. The Morgan fingerprint density at radius 2 is 1.94 bits per heavy atom. The Morgan fingerprint density at radius 1 is 1.19 bits per heavy atom. The van der Waals surface area contributed by atoms with Crippen LogP contribution in [0.2, 0.25) is 5.02 Å². The molecular weight excluding hydrogens is 290 g/mol. The Labute approximate surface area is 107 Å². The third-order valence-electron chi connectivity index (χ3n) is 2.29. The molecule has 0 unspecified atom stereocenters. The lowest BCUT2D eigenvalue weighted by atomic mass is 10.0. The summed E-state index contributed by atoms with van der Waals surface area (Å²) in [5, 5.41) is 0.428. The number of hydrogen-bond acceptors (Lipinski definition) is 0. The second-order valence-corrected chi connectivity index (χ2v) is 4.94. The first kappa shape index (κ1) is 11.6. The molecule has 2 rings (SSSR count). The summed E-state index contributed by atoms with van der Waals surface area (Å²) in [6.45, 7) is 1.96. The molecule has 0 heterocycles. The van der Waals surface area contributed by atoms with Crippen LogP contribution in [0.3, 0.4) is 0 Å². The van der Waals surface area contributed by atoms with Crippen molar-refractivity contribution in [3.8, 4) is 11.1 Å². The summed E-state index contributed by atoms with van der Waals surface area (Å²) in [7, 11) is 0. The van der Waals surface area contributed by atoms with Gasteiger partial charge in [0.1, 0.15) is 5.82 Å². The lowest BCUT2D eigenvalue weighted by molar-refractivity contribution is 0.631. The van der Waals surface area contributed by atoms with Crippen LogP contribution in [0.5, 0.6) is 0 Å². The van der Waals surface area contributed by atoms with Crippen LogP contribution in [0.4, 0.5) is 4.39 Å². The minimum atomic E-state index is -0.301. The van der Waals surface area contributed by atoms with E-state index < -0.39 is 0 Å². The highest BCUT2D eigenvalue weighted by Crippen LogP contribution is 2.32. The van der Waals surface area contributed by atoms with Crippen LogP contribution in [0.1, 0.15) is 5.56 Å². The Hall–Kier alpha value is -0.860. The van der Waals surface area contributed by atoms with Gasteiger partial charge in [-0.05, 0) is 42.3 Å². The smallest absolute Gasteiger partial charge is 0.132 e. The van der Waals surface area contributed by atoms with E-state index >= 15 is 0 Å². The van der Waals surface area contributed by atoms with Gasteiger partial charge < -0.3 is 0 Å². The van der Waals surface area contributed by atoms with Crippen LogP contribution in [0, 0.1) is 12.7 Å². The van der Waals surface area contributed by atoms with Crippen molar-refractivity contribution in [3.05, 3.63) is 57.3 Å². The molecule has 16 heavy (non-hydrogen) atoms. The summed E-state index contributed by atoms with van der Waals surface area (Å²) in [6.07, 6.45) is 0. The molecule has 82 valence electrons. The van der Waals surface area contributed by atoms with Gasteiger partial charge in [0.05, 0.1) is 5.02 Å². The van der Waals surface area contributed by atoms with E-state index in [1.54, 1.807) is 12.1 Å². The fourth-order valence-corrected chi connectivity index (χ4v) is 2.53. The van der Waals surface area contributed by atoms with E-state index in [0.29, 0.717) is 10.6 Å². The Balaban J connectivity index is 2.67. The van der Waals surface area contributed by atoms with Gasteiger partial charge in [0.2, 0.25) is 0 Å². The van der Waals surface area contributed by atoms with E-state index in [1.165, 1.54) is 6.07 Å². The van der Waals surface area contributed by atoms with E-state index in [9.17, 15) is 4.39 Å². The van der Waals surface area contributed by atoms with Gasteiger partial charge >= 0.3 is 0 Å². The number of benzene rings is 2. The summed E-state index contributed by atoms with van der Waals surface area (Å²) in [4.78, 5) is 0. The highest BCUT2D eigenvalue weighted by molar-refractivity contribution is 9.10. The maximum absolute atomic E-state index is 13.7. The molecule has 2 aromatic carbocycles. The number of halogens is 3. The topological polar surface area (TPSA) is 0 Å². The Morgan fingerprint density at radius 3 is 2.56 bits per heavy atom. The average Bonchev–Trinajstić information content (AvgIpc) is 2.15. The van der Waals surface area contributed by atoms with Crippen LogP contribution < -0.4 is 0 Å². The van der Waals surface area contributed by atoms with Crippen molar-refractivity contribution in [1.29, 1.82) is 0 Å². The number of aryl methyl sites for hydroxylation is 1. The second-order valence-electron chi connectivity index (χ2n) is 3.61. The van der Waals surface area contributed by atoms with Crippen molar-refractivity contribution in [3.63, 3.8) is 0 Å². The van der Waals surface area contributed by atoms with Gasteiger partial charge in [-0.2, -0.15) is 0 Å². The van der Waals surface area contributed by atoms with Crippen LogP contribution in [0.25, 0.3) is 11.1 Å². The standard InChI is InChI=1S/C13H9BrClF/c1-8-5-9(7-10(14)6-8)13-11(15)3-2-4-12(13)16/h2-7H,1H3. The Bertz CT molecular complexity index is 497. The number of rotatable bonds is 1. The summed E-state index contributed by atoms with van der Waals surface area (Å²) in [6, 6.07) is 10.4. The van der Waals surface area contributed by atoms with E-state index in [4.69, 9.17) is 11.6 Å². The minimum absolute atomic E-state index is 0.301. The van der Waals surface area contributed by atoms with Crippen molar-refractivity contribution >= 4 is 27.5 Å². The highest BCUT2D eigenvalue weighted by atomic mass is 79.9. The van der Waals surface area contributed by atoms with Crippen LogP contribution >= 0.6 is 27.5 Å². The van der Waals surface area contributed by atoms with Gasteiger partial charge in [0.15, 0.2) is 0 Å². The predicted octanol–water partition coefficient (Wildman–Crippen LogP) is 5.22. The zero-order valence-corrected chi connectivity index (χ0v) is 10.9. The molecule has 0 spiro atoms. The van der Waals surface area contributed by atoms with Gasteiger partial charge in [-0.3, -0.25) is 0 Å².